The van der Waals surface area contributed by atoms with Crippen LogP contribution >= 0.6 is 0 Å². The summed E-state index contributed by atoms with van der Waals surface area (Å²) < 4.78 is 13.6. The van der Waals surface area contributed by atoms with Crippen LogP contribution in [0.2, 0.25) is 0 Å². The first-order valence-electron chi connectivity index (χ1n) is 9.06. The summed E-state index contributed by atoms with van der Waals surface area (Å²) in [6.45, 7) is 1.96. The maximum Gasteiger partial charge on any atom is 0.253 e. The molecule has 2 amide bonds. The second-order valence-corrected chi connectivity index (χ2v) is 6.53. The summed E-state index contributed by atoms with van der Waals surface area (Å²) in [5.74, 6) is -0.461. The number of likely N-dealkylation sites (tertiary alicyclic amines) is 1. The normalized spacial score (nSPS) is 14.1. The highest BCUT2D eigenvalue weighted by molar-refractivity contribution is 5.97. The van der Waals surface area contributed by atoms with Gasteiger partial charge in [-0.1, -0.05) is 18.2 Å². The number of hydrogen-bond acceptors (Lipinski definition) is 2. The topological polar surface area (TPSA) is 49.4 Å². The first-order chi connectivity index (χ1) is 12.6. The molecule has 1 aliphatic rings. The molecule has 0 aromatic heterocycles. The Morgan fingerprint density at radius 2 is 1.58 bits per heavy atom. The van der Waals surface area contributed by atoms with Crippen molar-refractivity contribution in [1.29, 1.82) is 0 Å². The number of hydrogen-bond donors (Lipinski definition) is 1. The summed E-state index contributed by atoms with van der Waals surface area (Å²) in [7, 11) is 0. The van der Waals surface area contributed by atoms with Gasteiger partial charge in [0.2, 0.25) is 0 Å². The Bertz CT molecular complexity index is 768. The van der Waals surface area contributed by atoms with Gasteiger partial charge in [0, 0.05) is 30.8 Å². The lowest BCUT2D eigenvalue weighted by molar-refractivity contribution is 0.0723. The van der Waals surface area contributed by atoms with Crippen molar-refractivity contribution in [3.8, 4) is 0 Å². The van der Waals surface area contributed by atoms with Gasteiger partial charge in [0.05, 0.1) is 0 Å². The van der Waals surface area contributed by atoms with Crippen LogP contribution in [0.5, 0.6) is 0 Å². The molecule has 1 aliphatic heterocycles. The standard InChI is InChI=1S/C21H23FN2O2/c22-19-7-3-2-6-16(19)12-13-23-20(25)17-8-10-18(11-9-17)21(26)24-14-4-1-5-15-24/h2-3,6-11H,1,4-5,12-15H2,(H,23,25). The zero-order chi connectivity index (χ0) is 18.4. The molecular formula is C21H23FN2O2. The number of carbonyl (C=O) groups is 2. The van der Waals surface area contributed by atoms with Crippen LogP contribution in [0.3, 0.4) is 0 Å². The van der Waals surface area contributed by atoms with E-state index in [4.69, 9.17) is 0 Å². The van der Waals surface area contributed by atoms with Gasteiger partial charge in [-0.25, -0.2) is 4.39 Å². The molecule has 0 atom stereocenters. The summed E-state index contributed by atoms with van der Waals surface area (Å²) in [5.41, 5.74) is 1.68. The fourth-order valence-corrected chi connectivity index (χ4v) is 3.16. The first kappa shape index (κ1) is 18.1. The molecule has 2 aromatic carbocycles. The van der Waals surface area contributed by atoms with E-state index in [1.807, 2.05) is 4.90 Å². The fourth-order valence-electron chi connectivity index (χ4n) is 3.16. The van der Waals surface area contributed by atoms with Crippen LogP contribution in [0, 0.1) is 5.82 Å². The zero-order valence-electron chi connectivity index (χ0n) is 14.7. The minimum atomic E-state index is -0.262. The van der Waals surface area contributed by atoms with Crippen molar-refractivity contribution in [3.05, 3.63) is 71.0 Å². The Labute approximate surface area is 153 Å². The fraction of sp³-hybridized carbons (Fsp3) is 0.333. The van der Waals surface area contributed by atoms with Crippen molar-refractivity contribution in [2.75, 3.05) is 19.6 Å². The lowest BCUT2D eigenvalue weighted by Gasteiger charge is -2.26. The SMILES string of the molecule is O=C(NCCc1ccccc1F)c1ccc(C(=O)N2CCCCC2)cc1. The monoisotopic (exact) mass is 354 g/mol. The summed E-state index contributed by atoms with van der Waals surface area (Å²) in [6, 6.07) is 13.3. The maximum atomic E-state index is 13.6. The third-order valence-corrected chi connectivity index (χ3v) is 4.68. The highest BCUT2D eigenvalue weighted by Crippen LogP contribution is 2.14. The van der Waals surface area contributed by atoms with Crippen molar-refractivity contribution in [2.24, 2.45) is 0 Å². The molecule has 1 fully saturated rings. The van der Waals surface area contributed by atoms with E-state index in [2.05, 4.69) is 5.32 Å². The van der Waals surface area contributed by atoms with E-state index in [-0.39, 0.29) is 17.6 Å². The van der Waals surface area contributed by atoms with Gasteiger partial charge in [-0.2, -0.15) is 0 Å². The number of rotatable bonds is 5. The molecule has 1 N–H and O–H groups in total. The van der Waals surface area contributed by atoms with E-state index in [0.717, 1.165) is 25.9 Å². The number of piperidine rings is 1. The van der Waals surface area contributed by atoms with Crippen molar-refractivity contribution in [3.63, 3.8) is 0 Å². The lowest BCUT2D eigenvalue weighted by atomic mass is 10.1. The Balaban J connectivity index is 1.53. The molecule has 1 saturated heterocycles. The van der Waals surface area contributed by atoms with Crippen LogP contribution in [0.25, 0.3) is 0 Å². The molecule has 4 nitrogen and oxygen atoms in total. The number of nitrogens with one attached hydrogen (secondary N) is 1. The summed E-state index contributed by atoms with van der Waals surface area (Å²) in [6.07, 6.45) is 3.71. The number of amides is 2. The molecule has 5 heteroatoms. The van der Waals surface area contributed by atoms with Crippen molar-refractivity contribution in [2.45, 2.75) is 25.7 Å². The second kappa shape index (κ2) is 8.61. The van der Waals surface area contributed by atoms with Crippen LogP contribution in [-0.2, 0) is 6.42 Å². The van der Waals surface area contributed by atoms with Gasteiger partial charge in [-0.15, -0.1) is 0 Å². The quantitative estimate of drug-likeness (QED) is 0.894. The number of nitrogens with zero attached hydrogens (tertiary/aromatic N) is 1. The molecular weight excluding hydrogens is 331 g/mol. The minimum Gasteiger partial charge on any atom is -0.352 e. The molecule has 136 valence electrons. The molecule has 0 radical (unpaired) electrons. The largest absolute Gasteiger partial charge is 0.352 e. The smallest absolute Gasteiger partial charge is 0.253 e. The highest BCUT2D eigenvalue weighted by Gasteiger charge is 2.18. The van der Waals surface area contributed by atoms with Gasteiger partial charge in [0.25, 0.3) is 11.8 Å². The number of halogens is 1. The summed E-state index contributed by atoms with van der Waals surface area (Å²) in [4.78, 5) is 26.5. The average Bonchev–Trinajstić information content (AvgIpc) is 2.69. The Morgan fingerprint density at radius 1 is 0.923 bits per heavy atom. The van der Waals surface area contributed by atoms with E-state index < -0.39 is 0 Å². The Hall–Kier alpha value is -2.69. The van der Waals surface area contributed by atoms with Crippen molar-refractivity contribution in [1.82, 2.24) is 10.2 Å². The molecule has 1 heterocycles. The Kier molecular flexibility index (Phi) is 6.00. The molecule has 0 aliphatic carbocycles. The van der Waals surface area contributed by atoms with Gasteiger partial charge in [-0.3, -0.25) is 9.59 Å². The molecule has 0 unspecified atom stereocenters. The molecule has 0 bridgehead atoms. The zero-order valence-corrected chi connectivity index (χ0v) is 14.7. The lowest BCUT2D eigenvalue weighted by Crippen LogP contribution is -2.35. The van der Waals surface area contributed by atoms with Crippen molar-refractivity contribution >= 4 is 11.8 Å². The summed E-state index contributed by atoms with van der Waals surface area (Å²) >= 11 is 0. The van der Waals surface area contributed by atoms with Crippen LogP contribution in [0.4, 0.5) is 4.39 Å². The predicted octanol–water partition coefficient (Wildman–Crippen LogP) is 3.42. The van der Waals surface area contributed by atoms with Gasteiger partial charge >= 0.3 is 0 Å². The van der Waals surface area contributed by atoms with E-state index in [9.17, 15) is 14.0 Å². The van der Waals surface area contributed by atoms with Crippen LogP contribution in [0.15, 0.2) is 48.5 Å². The Morgan fingerprint density at radius 3 is 2.27 bits per heavy atom. The van der Waals surface area contributed by atoms with E-state index in [1.165, 1.54) is 12.5 Å². The van der Waals surface area contributed by atoms with Crippen LogP contribution in [0.1, 0.15) is 45.5 Å². The first-order valence-corrected chi connectivity index (χ1v) is 9.06. The third-order valence-electron chi connectivity index (χ3n) is 4.68. The number of benzene rings is 2. The maximum absolute atomic E-state index is 13.6. The summed E-state index contributed by atoms with van der Waals surface area (Å²) in [5, 5.41) is 2.79. The van der Waals surface area contributed by atoms with Crippen molar-refractivity contribution < 1.29 is 14.0 Å². The molecule has 0 saturated carbocycles. The predicted molar refractivity (Wildman–Crippen MR) is 98.6 cm³/mol. The number of carbonyl (C=O) groups excluding carboxylic acids is 2. The molecule has 3 rings (SSSR count). The van der Waals surface area contributed by atoms with E-state index in [1.54, 1.807) is 42.5 Å². The molecule has 0 spiro atoms. The van der Waals surface area contributed by atoms with E-state index in [0.29, 0.717) is 29.7 Å². The van der Waals surface area contributed by atoms with Gasteiger partial charge < -0.3 is 10.2 Å². The molecule has 2 aromatic rings. The van der Waals surface area contributed by atoms with Gasteiger partial charge in [-0.05, 0) is 61.6 Å². The van der Waals surface area contributed by atoms with Gasteiger partial charge in [0.15, 0.2) is 0 Å². The molecule has 26 heavy (non-hydrogen) atoms. The van der Waals surface area contributed by atoms with Crippen LogP contribution in [-0.4, -0.2) is 36.3 Å². The average molecular weight is 354 g/mol. The van der Waals surface area contributed by atoms with Crippen LogP contribution < -0.4 is 5.32 Å². The highest BCUT2D eigenvalue weighted by atomic mass is 19.1. The second-order valence-electron chi connectivity index (χ2n) is 6.53. The van der Waals surface area contributed by atoms with Gasteiger partial charge in [0.1, 0.15) is 5.82 Å². The third kappa shape index (κ3) is 4.48. The minimum absolute atomic E-state index is 0.0243. The van der Waals surface area contributed by atoms with E-state index >= 15 is 0 Å².